The van der Waals surface area contributed by atoms with Crippen LogP contribution in [0.4, 0.5) is 5.69 Å². The average Bonchev–Trinajstić information content (AvgIpc) is 3.04. The van der Waals surface area contributed by atoms with Crippen LogP contribution in [0.5, 0.6) is 0 Å². The molecule has 0 aliphatic carbocycles. The first-order valence-electron chi connectivity index (χ1n) is 9.28. The predicted octanol–water partition coefficient (Wildman–Crippen LogP) is -0.540. The fraction of sp³-hybridized carbons (Fsp3) is 0.389. The molecule has 2 saturated heterocycles. The molecule has 2 fully saturated rings. The molecule has 0 aromatic heterocycles. The Balaban J connectivity index is 1.66. The van der Waals surface area contributed by atoms with Gasteiger partial charge in [0.25, 0.3) is 23.4 Å². The van der Waals surface area contributed by atoms with E-state index in [0.717, 1.165) is 4.90 Å². The SMILES string of the molecule is NC1CCC(=O)N(N2C(=O)CCC(N3Cc4c(cccc4[N+](=O)[O-])C3=O)C2=O)C1=O. The molecule has 3 heterocycles. The molecule has 4 rings (SSSR count). The van der Waals surface area contributed by atoms with Crippen molar-refractivity contribution in [2.24, 2.45) is 5.73 Å². The Morgan fingerprint density at radius 3 is 2.27 bits per heavy atom. The fourth-order valence-corrected chi connectivity index (χ4v) is 4.01. The van der Waals surface area contributed by atoms with Gasteiger partial charge in [0, 0.05) is 18.9 Å². The highest BCUT2D eigenvalue weighted by Gasteiger charge is 2.49. The molecular weight excluding hydrogens is 398 g/mol. The summed E-state index contributed by atoms with van der Waals surface area (Å²) in [5.41, 5.74) is 5.73. The van der Waals surface area contributed by atoms with Crippen molar-refractivity contribution in [3.05, 3.63) is 39.4 Å². The lowest BCUT2D eigenvalue weighted by atomic mass is 10.0. The van der Waals surface area contributed by atoms with Gasteiger partial charge >= 0.3 is 0 Å². The number of rotatable bonds is 3. The Morgan fingerprint density at radius 2 is 1.60 bits per heavy atom. The van der Waals surface area contributed by atoms with E-state index < -0.39 is 46.5 Å². The summed E-state index contributed by atoms with van der Waals surface area (Å²) in [7, 11) is 0. The van der Waals surface area contributed by atoms with Crippen LogP contribution in [0.15, 0.2) is 18.2 Å². The third-order valence-electron chi connectivity index (χ3n) is 5.54. The highest BCUT2D eigenvalue weighted by molar-refractivity contribution is 6.10. The number of imide groups is 2. The number of nitro groups is 1. The van der Waals surface area contributed by atoms with E-state index in [4.69, 9.17) is 5.73 Å². The molecule has 2 N–H and O–H groups in total. The van der Waals surface area contributed by atoms with Crippen LogP contribution in [0.1, 0.15) is 41.6 Å². The number of benzene rings is 1. The van der Waals surface area contributed by atoms with E-state index in [2.05, 4.69) is 0 Å². The van der Waals surface area contributed by atoms with Gasteiger partial charge in [-0.1, -0.05) is 6.07 Å². The number of nitrogens with zero attached hydrogens (tertiary/aromatic N) is 4. The van der Waals surface area contributed by atoms with Crippen LogP contribution < -0.4 is 5.73 Å². The molecule has 2 unspecified atom stereocenters. The number of amides is 5. The number of hydrazine groups is 1. The van der Waals surface area contributed by atoms with Gasteiger partial charge in [0.15, 0.2) is 0 Å². The molecule has 3 aliphatic heterocycles. The molecule has 5 amide bonds. The van der Waals surface area contributed by atoms with Crippen molar-refractivity contribution in [3.8, 4) is 0 Å². The van der Waals surface area contributed by atoms with Gasteiger partial charge in [0.2, 0.25) is 11.8 Å². The van der Waals surface area contributed by atoms with Crippen LogP contribution in [0.2, 0.25) is 0 Å². The van der Waals surface area contributed by atoms with Crippen LogP contribution in [-0.4, -0.2) is 61.5 Å². The number of fused-ring (bicyclic) bond motifs is 1. The number of piperidine rings is 2. The summed E-state index contributed by atoms with van der Waals surface area (Å²) in [6, 6.07) is 1.89. The largest absolute Gasteiger partial charge is 0.322 e. The second-order valence-corrected chi connectivity index (χ2v) is 7.28. The molecule has 156 valence electrons. The summed E-state index contributed by atoms with van der Waals surface area (Å²) in [5.74, 6) is -3.83. The zero-order valence-corrected chi connectivity index (χ0v) is 15.6. The van der Waals surface area contributed by atoms with Crippen molar-refractivity contribution in [2.45, 2.75) is 44.3 Å². The lowest BCUT2D eigenvalue weighted by Gasteiger charge is -2.41. The molecule has 2 atom stereocenters. The molecule has 0 bridgehead atoms. The van der Waals surface area contributed by atoms with Gasteiger partial charge < -0.3 is 10.6 Å². The minimum atomic E-state index is -1.15. The summed E-state index contributed by atoms with van der Waals surface area (Å²) < 4.78 is 0. The first kappa shape index (κ1) is 19.6. The Bertz CT molecular complexity index is 1020. The zero-order chi connectivity index (χ0) is 21.7. The Kier molecular flexibility index (Phi) is 4.57. The summed E-state index contributed by atoms with van der Waals surface area (Å²) >= 11 is 0. The van der Waals surface area contributed by atoms with Gasteiger partial charge in [-0.25, -0.2) is 0 Å². The minimum Gasteiger partial charge on any atom is -0.322 e. The Hall–Kier alpha value is -3.67. The number of carbonyl (C=O) groups excluding carboxylic acids is 5. The predicted molar refractivity (Wildman–Crippen MR) is 96.9 cm³/mol. The maximum absolute atomic E-state index is 13.1. The number of hydrogen-bond donors (Lipinski definition) is 1. The molecule has 3 aliphatic rings. The third-order valence-corrected chi connectivity index (χ3v) is 5.54. The van der Waals surface area contributed by atoms with Gasteiger partial charge in [0.05, 0.1) is 28.6 Å². The van der Waals surface area contributed by atoms with E-state index in [-0.39, 0.29) is 49.0 Å². The van der Waals surface area contributed by atoms with Crippen LogP contribution in [-0.2, 0) is 25.7 Å². The third kappa shape index (κ3) is 2.84. The second kappa shape index (κ2) is 6.99. The minimum absolute atomic E-state index is 0.0238. The molecule has 12 nitrogen and oxygen atoms in total. The molecule has 0 saturated carbocycles. The standard InChI is InChI=1S/C18H17N5O7/c19-11-4-6-14(24)21(17(11)27)22-15(25)7-5-13(18(22)28)20-8-10-9(16(20)26)2-1-3-12(10)23(29)30/h1-3,11,13H,4-8,19H2. The van der Waals surface area contributed by atoms with Crippen LogP contribution in [0.25, 0.3) is 0 Å². The summed E-state index contributed by atoms with van der Waals surface area (Å²) in [5, 5.41) is 12.2. The maximum atomic E-state index is 13.1. The summed E-state index contributed by atoms with van der Waals surface area (Å²) in [6.07, 6.45) is -0.207. The molecule has 12 heteroatoms. The molecular formula is C18H17N5O7. The van der Waals surface area contributed by atoms with Crippen molar-refractivity contribution < 1.29 is 28.9 Å². The average molecular weight is 415 g/mol. The van der Waals surface area contributed by atoms with E-state index in [1.807, 2.05) is 0 Å². The van der Waals surface area contributed by atoms with Gasteiger partial charge in [-0.2, -0.15) is 10.0 Å². The smallest absolute Gasteiger partial charge is 0.275 e. The van der Waals surface area contributed by atoms with Gasteiger partial charge in [-0.3, -0.25) is 34.1 Å². The monoisotopic (exact) mass is 415 g/mol. The Morgan fingerprint density at radius 1 is 0.967 bits per heavy atom. The molecule has 0 spiro atoms. The normalized spacial score (nSPS) is 24.6. The summed E-state index contributed by atoms with van der Waals surface area (Å²) in [6.45, 7) is -0.189. The van der Waals surface area contributed by atoms with Crippen molar-refractivity contribution in [2.75, 3.05) is 0 Å². The van der Waals surface area contributed by atoms with Crippen LogP contribution in [0.3, 0.4) is 0 Å². The number of hydrogen-bond acceptors (Lipinski definition) is 8. The molecule has 0 radical (unpaired) electrons. The topological polar surface area (TPSA) is 164 Å². The maximum Gasteiger partial charge on any atom is 0.275 e. The van der Waals surface area contributed by atoms with Crippen molar-refractivity contribution in [3.63, 3.8) is 0 Å². The van der Waals surface area contributed by atoms with E-state index in [0.29, 0.717) is 10.0 Å². The first-order chi connectivity index (χ1) is 14.2. The fourth-order valence-electron chi connectivity index (χ4n) is 4.01. The van der Waals surface area contributed by atoms with Gasteiger partial charge in [-0.05, 0) is 18.9 Å². The number of nitro benzene ring substituents is 1. The lowest BCUT2D eigenvalue weighted by molar-refractivity contribution is -0.385. The number of carbonyl (C=O) groups is 5. The van der Waals surface area contributed by atoms with Crippen molar-refractivity contribution in [1.82, 2.24) is 14.9 Å². The highest BCUT2D eigenvalue weighted by Crippen LogP contribution is 2.34. The van der Waals surface area contributed by atoms with E-state index in [9.17, 15) is 34.1 Å². The van der Waals surface area contributed by atoms with Crippen LogP contribution >= 0.6 is 0 Å². The molecule has 30 heavy (non-hydrogen) atoms. The lowest BCUT2D eigenvalue weighted by Crippen LogP contribution is -2.66. The van der Waals surface area contributed by atoms with Gasteiger partial charge in [0.1, 0.15) is 6.04 Å². The van der Waals surface area contributed by atoms with Crippen LogP contribution in [0, 0.1) is 10.1 Å². The molecule has 1 aromatic rings. The van der Waals surface area contributed by atoms with E-state index in [1.165, 1.54) is 18.2 Å². The highest BCUT2D eigenvalue weighted by atomic mass is 16.6. The summed E-state index contributed by atoms with van der Waals surface area (Å²) in [4.78, 5) is 74.9. The Labute approximate surface area is 169 Å². The van der Waals surface area contributed by atoms with Crippen molar-refractivity contribution >= 4 is 35.2 Å². The first-order valence-corrected chi connectivity index (χ1v) is 9.28. The van der Waals surface area contributed by atoms with E-state index in [1.54, 1.807) is 0 Å². The van der Waals surface area contributed by atoms with Crippen molar-refractivity contribution in [1.29, 1.82) is 0 Å². The second-order valence-electron chi connectivity index (χ2n) is 7.28. The van der Waals surface area contributed by atoms with E-state index >= 15 is 0 Å². The molecule has 1 aromatic carbocycles. The van der Waals surface area contributed by atoms with Gasteiger partial charge in [-0.15, -0.1) is 0 Å². The zero-order valence-electron chi connectivity index (χ0n) is 15.6. The quantitative estimate of drug-likeness (QED) is 0.390. The number of nitrogens with two attached hydrogens (primary N) is 1.